The fourth-order valence-corrected chi connectivity index (χ4v) is 2.58. The Balaban J connectivity index is 1.37. The fourth-order valence-electron chi connectivity index (χ4n) is 2.58. The summed E-state index contributed by atoms with van der Waals surface area (Å²) in [4.78, 5) is 11.9. The van der Waals surface area contributed by atoms with E-state index in [0.29, 0.717) is 26.0 Å². The van der Waals surface area contributed by atoms with Crippen LogP contribution in [0.5, 0.6) is 11.5 Å². The lowest BCUT2D eigenvalue weighted by atomic mass is 10.1. The number of fused-ring (bicyclic) bond motifs is 1. The smallest absolute Gasteiger partial charge is 0.220 e. The van der Waals surface area contributed by atoms with E-state index in [4.69, 9.17) is 9.47 Å². The molecule has 0 fully saturated rings. The van der Waals surface area contributed by atoms with E-state index < -0.39 is 0 Å². The van der Waals surface area contributed by atoms with Crippen LogP contribution >= 0.6 is 0 Å². The normalized spacial score (nSPS) is 15.9. The van der Waals surface area contributed by atoms with Crippen molar-refractivity contribution in [2.45, 2.75) is 25.4 Å². The second-order valence-corrected chi connectivity index (χ2v) is 5.62. The Morgan fingerprint density at radius 3 is 2.61 bits per heavy atom. The molecule has 1 aliphatic heterocycles. The minimum atomic E-state index is -0.0650. The van der Waals surface area contributed by atoms with Crippen molar-refractivity contribution >= 4 is 5.91 Å². The SMILES string of the molecule is O=C(CC[C@H]1COc2ccccc2O1)NCCc1ccccc1. The highest BCUT2D eigenvalue weighted by atomic mass is 16.6. The molecule has 0 aliphatic carbocycles. The molecule has 0 radical (unpaired) electrons. The first kappa shape index (κ1) is 15.4. The molecular weight excluding hydrogens is 290 g/mol. The van der Waals surface area contributed by atoms with E-state index in [0.717, 1.165) is 17.9 Å². The summed E-state index contributed by atoms with van der Waals surface area (Å²) in [6.45, 7) is 1.15. The molecule has 1 N–H and O–H groups in total. The first-order valence-electron chi connectivity index (χ1n) is 8.00. The topological polar surface area (TPSA) is 47.6 Å². The van der Waals surface area contributed by atoms with Gasteiger partial charge in [-0.15, -0.1) is 0 Å². The molecular formula is C19H21NO3. The molecule has 0 spiro atoms. The van der Waals surface area contributed by atoms with Crippen LogP contribution in [0.4, 0.5) is 0 Å². The number of hydrogen-bond donors (Lipinski definition) is 1. The second-order valence-electron chi connectivity index (χ2n) is 5.62. The van der Waals surface area contributed by atoms with Gasteiger partial charge in [0.05, 0.1) is 0 Å². The Labute approximate surface area is 136 Å². The molecule has 0 saturated carbocycles. The van der Waals surface area contributed by atoms with Crippen molar-refractivity contribution in [2.75, 3.05) is 13.2 Å². The van der Waals surface area contributed by atoms with Crippen LogP contribution in [-0.4, -0.2) is 25.2 Å². The average molecular weight is 311 g/mol. The largest absolute Gasteiger partial charge is 0.486 e. The van der Waals surface area contributed by atoms with Crippen LogP contribution < -0.4 is 14.8 Å². The summed E-state index contributed by atoms with van der Waals surface area (Å²) in [6, 6.07) is 17.8. The molecule has 120 valence electrons. The summed E-state index contributed by atoms with van der Waals surface area (Å²) in [5, 5.41) is 2.95. The summed E-state index contributed by atoms with van der Waals surface area (Å²) >= 11 is 0. The lowest BCUT2D eigenvalue weighted by Gasteiger charge is -2.26. The number of hydrogen-bond acceptors (Lipinski definition) is 3. The van der Waals surface area contributed by atoms with E-state index in [1.165, 1.54) is 5.56 Å². The van der Waals surface area contributed by atoms with E-state index in [2.05, 4.69) is 17.4 Å². The third kappa shape index (κ3) is 4.49. The van der Waals surface area contributed by atoms with Crippen molar-refractivity contribution < 1.29 is 14.3 Å². The zero-order valence-electron chi connectivity index (χ0n) is 13.0. The van der Waals surface area contributed by atoms with E-state index in [1.807, 2.05) is 42.5 Å². The van der Waals surface area contributed by atoms with Gasteiger partial charge >= 0.3 is 0 Å². The first-order valence-corrected chi connectivity index (χ1v) is 8.00. The van der Waals surface area contributed by atoms with Crippen LogP contribution in [0.2, 0.25) is 0 Å². The minimum Gasteiger partial charge on any atom is -0.486 e. The number of carbonyl (C=O) groups is 1. The number of rotatable bonds is 6. The highest BCUT2D eigenvalue weighted by Crippen LogP contribution is 2.31. The van der Waals surface area contributed by atoms with Crippen molar-refractivity contribution in [1.29, 1.82) is 0 Å². The second kappa shape index (κ2) is 7.68. The van der Waals surface area contributed by atoms with Crippen LogP contribution in [0.3, 0.4) is 0 Å². The van der Waals surface area contributed by atoms with Crippen LogP contribution in [-0.2, 0) is 11.2 Å². The van der Waals surface area contributed by atoms with Gasteiger partial charge in [0.25, 0.3) is 0 Å². The highest BCUT2D eigenvalue weighted by molar-refractivity contribution is 5.75. The molecule has 0 bridgehead atoms. The Bertz CT molecular complexity index is 642. The molecule has 1 amide bonds. The maximum atomic E-state index is 11.9. The van der Waals surface area contributed by atoms with Crippen molar-refractivity contribution in [2.24, 2.45) is 0 Å². The fraction of sp³-hybridized carbons (Fsp3) is 0.316. The molecule has 4 heteroatoms. The summed E-state index contributed by atoms with van der Waals surface area (Å²) in [5.74, 6) is 1.59. The number of carbonyl (C=O) groups excluding carboxylic acids is 1. The van der Waals surface area contributed by atoms with Crippen molar-refractivity contribution in [3.05, 3.63) is 60.2 Å². The molecule has 1 heterocycles. The van der Waals surface area contributed by atoms with Gasteiger partial charge in [-0.3, -0.25) is 4.79 Å². The number of amides is 1. The molecule has 23 heavy (non-hydrogen) atoms. The predicted molar refractivity (Wildman–Crippen MR) is 88.7 cm³/mol. The average Bonchev–Trinajstić information content (AvgIpc) is 2.61. The molecule has 2 aromatic carbocycles. The molecule has 2 aromatic rings. The Morgan fingerprint density at radius 2 is 1.78 bits per heavy atom. The molecule has 0 unspecified atom stereocenters. The maximum Gasteiger partial charge on any atom is 0.220 e. The van der Waals surface area contributed by atoms with Gasteiger partial charge in [-0.2, -0.15) is 0 Å². The van der Waals surface area contributed by atoms with Gasteiger partial charge in [-0.25, -0.2) is 0 Å². The lowest BCUT2D eigenvalue weighted by Crippen LogP contribution is -2.32. The number of nitrogens with one attached hydrogen (secondary N) is 1. The van der Waals surface area contributed by atoms with E-state index >= 15 is 0 Å². The predicted octanol–water partition coefficient (Wildman–Crippen LogP) is 2.97. The van der Waals surface area contributed by atoms with Crippen LogP contribution in [0.1, 0.15) is 18.4 Å². The monoisotopic (exact) mass is 311 g/mol. The van der Waals surface area contributed by atoms with Gasteiger partial charge in [-0.05, 0) is 30.5 Å². The molecule has 3 rings (SSSR count). The van der Waals surface area contributed by atoms with E-state index in [-0.39, 0.29) is 12.0 Å². The molecule has 4 nitrogen and oxygen atoms in total. The number of benzene rings is 2. The van der Waals surface area contributed by atoms with Gasteiger partial charge in [0, 0.05) is 13.0 Å². The Morgan fingerprint density at radius 1 is 1.04 bits per heavy atom. The molecule has 0 aromatic heterocycles. The summed E-state index contributed by atoms with van der Waals surface area (Å²) < 4.78 is 11.5. The van der Waals surface area contributed by atoms with Crippen LogP contribution in [0, 0.1) is 0 Å². The van der Waals surface area contributed by atoms with Gasteiger partial charge in [0.15, 0.2) is 11.5 Å². The number of ether oxygens (including phenoxy) is 2. The van der Waals surface area contributed by atoms with Crippen LogP contribution in [0.15, 0.2) is 54.6 Å². The standard InChI is InChI=1S/C19H21NO3/c21-19(20-13-12-15-6-2-1-3-7-15)11-10-16-14-22-17-8-4-5-9-18(17)23-16/h1-9,16H,10-14H2,(H,20,21)/t16-/m0/s1. The zero-order valence-corrected chi connectivity index (χ0v) is 13.0. The summed E-state index contributed by atoms with van der Waals surface area (Å²) in [7, 11) is 0. The third-order valence-corrected chi connectivity index (χ3v) is 3.84. The van der Waals surface area contributed by atoms with Gasteiger partial charge in [0.1, 0.15) is 12.7 Å². The molecule has 1 aliphatic rings. The van der Waals surface area contributed by atoms with Crippen molar-refractivity contribution in [3.63, 3.8) is 0 Å². The Hall–Kier alpha value is -2.49. The van der Waals surface area contributed by atoms with Gasteiger partial charge < -0.3 is 14.8 Å². The van der Waals surface area contributed by atoms with E-state index in [1.54, 1.807) is 0 Å². The quantitative estimate of drug-likeness (QED) is 0.892. The summed E-state index contributed by atoms with van der Waals surface area (Å²) in [6.07, 6.45) is 1.89. The molecule has 1 atom stereocenters. The van der Waals surface area contributed by atoms with Gasteiger partial charge in [-0.1, -0.05) is 42.5 Å². The van der Waals surface area contributed by atoms with E-state index in [9.17, 15) is 4.79 Å². The maximum absolute atomic E-state index is 11.9. The number of para-hydroxylation sites is 2. The van der Waals surface area contributed by atoms with Crippen LogP contribution in [0.25, 0.3) is 0 Å². The highest BCUT2D eigenvalue weighted by Gasteiger charge is 2.21. The lowest BCUT2D eigenvalue weighted by molar-refractivity contribution is -0.121. The summed E-state index contributed by atoms with van der Waals surface area (Å²) in [5.41, 5.74) is 1.23. The third-order valence-electron chi connectivity index (χ3n) is 3.84. The zero-order chi connectivity index (χ0) is 15.9. The van der Waals surface area contributed by atoms with Crippen molar-refractivity contribution in [1.82, 2.24) is 5.32 Å². The van der Waals surface area contributed by atoms with Crippen molar-refractivity contribution in [3.8, 4) is 11.5 Å². The van der Waals surface area contributed by atoms with Gasteiger partial charge in [0.2, 0.25) is 5.91 Å². The Kier molecular flexibility index (Phi) is 5.14. The first-order chi connectivity index (χ1) is 11.3. The molecule has 0 saturated heterocycles. The minimum absolute atomic E-state index is 0.0587.